The first-order valence-corrected chi connectivity index (χ1v) is 6.20. The lowest BCUT2D eigenvalue weighted by atomic mass is 10.1. The molecule has 2 aromatic carbocycles. The number of rotatable bonds is 5. The monoisotopic (exact) mass is 283 g/mol. The second-order valence-electron chi connectivity index (χ2n) is 4.28. The fourth-order valence-electron chi connectivity index (χ4n) is 1.95. The van der Waals surface area contributed by atoms with E-state index in [0.29, 0.717) is 23.5 Å². The van der Waals surface area contributed by atoms with Gasteiger partial charge in [0.05, 0.1) is 23.3 Å². The topological polar surface area (TPSA) is 88.2 Å². The first-order valence-electron chi connectivity index (χ1n) is 6.20. The van der Waals surface area contributed by atoms with Crippen molar-refractivity contribution in [3.05, 3.63) is 63.7 Å². The fourth-order valence-corrected chi connectivity index (χ4v) is 1.95. The molecule has 106 valence electrons. The Bertz CT molecular complexity index is 708. The molecule has 0 aromatic heterocycles. The van der Waals surface area contributed by atoms with E-state index in [1.807, 2.05) is 0 Å². The van der Waals surface area contributed by atoms with Gasteiger partial charge < -0.3 is 10.1 Å². The first-order chi connectivity index (χ1) is 10.2. The highest BCUT2D eigenvalue weighted by Gasteiger charge is 2.10. The van der Waals surface area contributed by atoms with Crippen molar-refractivity contribution in [3.8, 4) is 11.8 Å². The molecule has 0 radical (unpaired) electrons. The van der Waals surface area contributed by atoms with Gasteiger partial charge in [0.1, 0.15) is 11.8 Å². The molecular weight excluding hydrogens is 270 g/mol. The van der Waals surface area contributed by atoms with Gasteiger partial charge in [0.15, 0.2) is 0 Å². The molecule has 0 saturated heterocycles. The van der Waals surface area contributed by atoms with Crippen molar-refractivity contribution in [2.45, 2.75) is 6.54 Å². The average Bonchev–Trinajstić information content (AvgIpc) is 2.52. The highest BCUT2D eigenvalue weighted by molar-refractivity contribution is 5.66. The van der Waals surface area contributed by atoms with Gasteiger partial charge >= 0.3 is 0 Å². The number of nitro benzene ring substituents is 1. The third-order valence-electron chi connectivity index (χ3n) is 2.96. The van der Waals surface area contributed by atoms with Crippen molar-refractivity contribution in [3.63, 3.8) is 0 Å². The normalized spacial score (nSPS) is 9.71. The van der Waals surface area contributed by atoms with E-state index in [1.54, 1.807) is 30.3 Å². The van der Waals surface area contributed by atoms with Crippen molar-refractivity contribution >= 4 is 11.4 Å². The zero-order chi connectivity index (χ0) is 15.2. The largest absolute Gasteiger partial charge is 0.495 e. The lowest BCUT2D eigenvalue weighted by molar-refractivity contribution is -0.384. The van der Waals surface area contributed by atoms with Crippen molar-refractivity contribution in [1.29, 1.82) is 5.26 Å². The van der Waals surface area contributed by atoms with Crippen LogP contribution in [0.3, 0.4) is 0 Å². The Hall–Kier alpha value is -3.07. The van der Waals surface area contributed by atoms with Crippen LogP contribution in [0, 0.1) is 21.4 Å². The van der Waals surface area contributed by atoms with Gasteiger partial charge in [-0.15, -0.1) is 0 Å². The molecule has 0 unspecified atom stereocenters. The number of nitriles is 1. The second kappa shape index (κ2) is 6.39. The molecule has 21 heavy (non-hydrogen) atoms. The van der Waals surface area contributed by atoms with Gasteiger partial charge in [-0.1, -0.05) is 18.2 Å². The van der Waals surface area contributed by atoms with Gasteiger partial charge in [-0.05, 0) is 17.7 Å². The lowest BCUT2D eigenvalue weighted by Gasteiger charge is -2.12. The molecule has 0 aliphatic rings. The molecule has 0 bridgehead atoms. The molecule has 0 aliphatic carbocycles. The molecule has 6 heteroatoms. The minimum atomic E-state index is -0.437. The molecule has 6 nitrogen and oxygen atoms in total. The van der Waals surface area contributed by atoms with E-state index in [9.17, 15) is 10.1 Å². The third-order valence-corrected chi connectivity index (χ3v) is 2.96. The molecule has 2 rings (SSSR count). The number of ether oxygens (including phenoxy) is 1. The van der Waals surface area contributed by atoms with Crippen molar-refractivity contribution < 1.29 is 9.66 Å². The van der Waals surface area contributed by atoms with Crippen LogP contribution in [-0.4, -0.2) is 12.0 Å². The summed E-state index contributed by atoms with van der Waals surface area (Å²) in [5, 5.41) is 23.0. The minimum absolute atomic E-state index is 0.0369. The number of nitrogens with zero attached hydrogens (tertiary/aromatic N) is 2. The van der Waals surface area contributed by atoms with Crippen LogP contribution in [0.25, 0.3) is 0 Å². The van der Waals surface area contributed by atoms with E-state index in [2.05, 4.69) is 11.4 Å². The number of anilines is 1. The van der Waals surface area contributed by atoms with Gasteiger partial charge in [0.2, 0.25) is 0 Å². The smallest absolute Gasteiger partial charge is 0.269 e. The van der Waals surface area contributed by atoms with Crippen LogP contribution in [-0.2, 0) is 6.54 Å². The average molecular weight is 283 g/mol. The zero-order valence-corrected chi connectivity index (χ0v) is 11.4. The van der Waals surface area contributed by atoms with Crippen LogP contribution in [0.15, 0.2) is 42.5 Å². The molecule has 0 heterocycles. The van der Waals surface area contributed by atoms with E-state index in [4.69, 9.17) is 10.00 Å². The van der Waals surface area contributed by atoms with Crippen molar-refractivity contribution in [2.24, 2.45) is 0 Å². The Morgan fingerprint density at radius 1 is 1.33 bits per heavy atom. The summed E-state index contributed by atoms with van der Waals surface area (Å²) in [7, 11) is 1.52. The van der Waals surface area contributed by atoms with Gasteiger partial charge in [0.25, 0.3) is 5.69 Å². The van der Waals surface area contributed by atoms with Crippen LogP contribution in [0.1, 0.15) is 11.1 Å². The molecule has 0 spiro atoms. The highest BCUT2D eigenvalue weighted by atomic mass is 16.6. The highest BCUT2D eigenvalue weighted by Crippen LogP contribution is 2.28. The standard InChI is InChI=1S/C15H13N3O3/c1-21-14-7-3-5-12(9-16)15(14)17-10-11-4-2-6-13(8-11)18(19)20/h2-8,17H,10H2,1H3. The molecule has 0 atom stereocenters. The summed E-state index contributed by atoms with van der Waals surface area (Å²) in [6.07, 6.45) is 0. The van der Waals surface area contributed by atoms with Crippen LogP contribution in [0.4, 0.5) is 11.4 Å². The molecular formula is C15H13N3O3. The third kappa shape index (κ3) is 3.28. The number of hydrogen-bond acceptors (Lipinski definition) is 5. The van der Waals surface area contributed by atoms with E-state index in [1.165, 1.54) is 19.2 Å². The van der Waals surface area contributed by atoms with E-state index >= 15 is 0 Å². The first kappa shape index (κ1) is 14.3. The molecule has 0 amide bonds. The Kier molecular flexibility index (Phi) is 4.36. The molecule has 0 saturated carbocycles. The fraction of sp³-hybridized carbons (Fsp3) is 0.133. The molecule has 0 fully saturated rings. The van der Waals surface area contributed by atoms with Crippen LogP contribution < -0.4 is 10.1 Å². The zero-order valence-electron chi connectivity index (χ0n) is 11.4. The maximum Gasteiger partial charge on any atom is 0.269 e. The van der Waals surface area contributed by atoms with Crippen LogP contribution in [0.2, 0.25) is 0 Å². The van der Waals surface area contributed by atoms with E-state index in [0.717, 1.165) is 5.56 Å². The predicted molar refractivity (Wildman–Crippen MR) is 78.1 cm³/mol. The Labute approximate surface area is 121 Å². The minimum Gasteiger partial charge on any atom is -0.495 e. The predicted octanol–water partition coefficient (Wildman–Crippen LogP) is 3.09. The van der Waals surface area contributed by atoms with Gasteiger partial charge in [-0.25, -0.2) is 0 Å². The number of nitro groups is 1. The van der Waals surface area contributed by atoms with Crippen molar-refractivity contribution in [1.82, 2.24) is 0 Å². The second-order valence-corrected chi connectivity index (χ2v) is 4.28. The summed E-state index contributed by atoms with van der Waals surface area (Å²) in [4.78, 5) is 10.3. The van der Waals surface area contributed by atoms with E-state index in [-0.39, 0.29) is 5.69 Å². The molecule has 1 N–H and O–H groups in total. The molecule has 0 aliphatic heterocycles. The lowest BCUT2D eigenvalue weighted by Crippen LogP contribution is -2.03. The summed E-state index contributed by atoms with van der Waals surface area (Å²) >= 11 is 0. The Balaban J connectivity index is 2.22. The van der Waals surface area contributed by atoms with E-state index < -0.39 is 4.92 Å². The quantitative estimate of drug-likeness (QED) is 0.673. The summed E-state index contributed by atoms with van der Waals surface area (Å²) in [6.45, 7) is 0.358. The maximum absolute atomic E-state index is 10.8. The summed E-state index contributed by atoms with van der Waals surface area (Å²) in [5.74, 6) is 0.555. The van der Waals surface area contributed by atoms with Crippen LogP contribution in [0.5, 0.6) is 5.75 Å². The van der Waals surface area contributed by atoms with Crippen LogP contribution >= 0.6 is 0 Å². The number of hydrogen-bond donors (Lipinski definition) is 1. The number of non-ortho nitro benzene ring substituents is 1. The SMILES string of the molecule is COc1cccc(C#N)c1NCc1cccc([N+](=O)[O-])c1. The number of benzene rings is 2. The number of nitrogens with one attached hydrogen (secondary N) is 1. The van der Waals surface area contributed by atoms with Crippen molar-refractivity contribution in [2.75, 3.05) is 12.4 Å². The number of para-hydroxylation sites is 1. The molecule has 2 aromatic rings. The maximum atomic E-state index is 10.8. The Morgan fingerprint density at radius 3 is 2.76 bits per heavy atom. The number of methoxy groups -OCH3 is 1. The van der Waals surface area contributed by atoms with Gasteiger partial charge in [-0.3, -0.25) is 10.1 Å². The summed E-state index contributed by atoms with van der Waals surface area (Å²) < 4.78 is 5.22. The summed E-state index contributed by atoms with van der Waals surface area (Å²) in [5.41, 5.74) is 1.82. The Morgan fingerprint density at radius 2 is 2.10 bits per heavy atom. The van der Waals surface area contributed by atoms with Gasteiger partial charge in [0, 0.05) is 18.7 Å². The van der Waals surface area contributed by atoms with Gasteiger partial charge in [-0.2, -0.15) is 5.26 Å². The summed E-state index contributed by atoms with van der Waals surface area (Å²) in [6, 6.07) is 13.6.